The van der Waals surface area contributed by atoms with Crippen LogP contribution >= 0.6 is 0 Å². The molecule has 6 heteroatoms. The highest BCUT2D eigenvalue weighted by Crippen LogP contribution is 2.24. The van der Waals surface area contributed by atoms with Crippen LogP contribution < -0.4 is 10.2 Å². The van der Waals surface area contributed by atoms with Gasteiger partial charge >= 0.3 is 0 Å². The normalized spacial score (nSPS) is 13.7. The molecule has 0 aliphatic carbocycles. The van der Waals surface area contributed by atoms with Crippen LogP contribution in [0.2, 0.25) is 0 Å². The summed E-state index contributed by atoms with van der Waals surface area (Å²) in [5.41, 5.74) is 4.04. The van der Waals surface area contributed by atoms with Crippen LogP contribution in [0, 0.1) is 6.92 Å². The second-order valence-corrected chi connectivity index (χ2v) is 7.12. The molecule has 28 heavy (non-hydrogen) atoms. The van der Waals surface area contributed by atoms with E-state index in [0.29, 0.717) is 12.4 Å². The number of rotatable bonds is 6. The number of nitrogens with zero attached hydrogens (tertiary/aromatic N) is 5. The largest absolute Gasteiger partial charge is 0.366 e. The van der Waals surface area contributed by atoms with Gasteiger partial charge < -0.3 is 10.2 Å². The van der Waals surface area contributed by atoms with Crippen molar-refractivity contribution in [2.75, 3.05) is 23.3 Å². The summed E-state index contributed by atoms with van der Waals surface area (Å²) < 4.78 is 0. The molecule has 1 N–H and O–H groups in total. The van der Waals surface area contributed by atoms with Crippen LogP contribution in [0.3, 0.4) is 0 Å². The number of hydrogen-bond acceptors (Lipinski definition) is 6. The number of pyridine rings is 2. The van der Waals surface area contributed by atoms with Crippen LogP contribution in [0.4, 0.5) is 11.6 Å². The summed E-state index contributed by atoms with van der Waals surface area (Å²) >= 11 is 0. The van der Waals surface area contributed by atoms with Gasteiger partial charge in [-0.25, -0.2) is 15.0 Å². The molecular weight excluding hydrogens is 348 g/mol. The summed E-state index contributed by atoms with van der Waals surface area (Å²) in [7, 11) is 0. The van der Waals surface area contributed by atoms with Gasteiger partial charge in [-0.3, -0.25) is 4.98 Å². The molecule has 0 atom stereocenters. The van der Waals surface area contributed by atoms with Gasteiger partial charge in [0, 0.05) is 48.8 Å². The van der Waals surface area contributed by atoms with Crippen LogP contribution in [-0.4, -0.2) is 33.0 Å². The van der Waals surface area contributed by atoms with E-state index in [0.717, 1.165) is 48.2 Å². The first-order valence-corrected chi connectivity index (χ1v) is 9.97. The average molecular weight is 374 g/mol. The molecule has 0 saturated carbocycles. The summed E-state index contributed by atoms with van der Waals surface area (Å²) in [5.74, 6) is 2.57. The van der Waals surface area contributed by atoms with Crippen LogP contribution in [0.1, 0.15) is 36.7 Å². The van der Waals surface area contributed by atoms with Crippen molar-refractivity contribution in [3.05, 3.63) is 59.5 Å². The zero-order chi connectivity index (χ0) is 19.3. The van der Waals surface area contributed by atoms with E-state index in [9.17, 15) is 0 Å². The van der Waals surface area contributed by atoms with Gasteiger partial charge in [0.25, 0.3) is 0 Å². The molecule has 0 radical (unpaired) electrons. The van der Waals surface area contributed by atoms with Crippen molar-refractivity contribution in [3.8, 4) is 11.5 Å². The van der Waals surface area contributed by atoms with Gasteiger partial charge in [-0.05, 0) is 44.4 Å². The Hall–Kier alpha value is -3.02. The van der Waals surface area contributed by atoms with Gasteiger partial charge in [0.1, 0.15) is 17.3 Å². The molecule has 1 fully saturated rings. The lowest BCUT2D eigenvalue weighted by Crippen LogP contribution is -2.22. The summed E-state index contributed by atoms with van der Waals surface area (Å²) in [5, 5.41) is 3.48. The van der Waals surface area contributed by atoms with Crippen molar-refractivity contribution >= 4 is 11.6 Å². The summed E-state index contributed by atoms with van der Waals surface area (Å²) in [6.07, 6.45) is 5.09. The van der Waals surface area contributed by atoms with Gasteiger partial charge in [-0.15, -0.1) is 0 Å². The summed E-state index contributed by atoms with van der Waals surface area (Å²) in [4.78, 5) is 20.9. The number of hydrogen-bond donors (Lipinski definition) is 1. The lowest BCUT2D eigenvalue weighted by Gasteiger charge is -2.21. The molecule has 4 heterocycles. The zero-order valence-electron chi connectivity index (χ0n) is 16.5. The Labute approximate surface area is 166 Å². The predicted octanol–water partition coefficient (Wildman–Crippen LogP) is 4.02. The van der Waals surface area contributed by atoms with Gasteiger partial charge in [0.05, 0.1) is 0 Å². The van der Waals surface area contributed by atoms with Crippen LogP contribution in [-0.2, 0) is 13.0 Å². The third kappa shape index (κ3) is 4.11. The highest BCUT2D eigenvalue weighted by atomic mass is 15.2. The SMILES string of the molecule is CCc1cc(NCc2ccc(C)nc2N2CCCC2)nc(-c2ccccn2)n1. The number of nitrogens with one attached hydrogen (secondary N) is 1. The standard InChI is InChI=1S/C22H26N6/c1-3-18-14-20(27-21(26-18)19-8-4-5-11-23-19)24-15-17-10-9-16(2)25-22(17)28-12-6-7-13-28/h4-5,8-11,14H,3,6-7,12-13,15H2,1-2H3,(H,24,26,27). The fraction of sp³-hybridized carbons (Fsp3) is 0.364. The van der Waals surface area contributed by atoms with Crippen molar-refractivity contribution in [3.63, 3.8) is 0 Å². The topological polar surface area (TPSA) is 66.8 Å². The maximum Gasteiger partial charge on any atom is 0.180 e. The first-order valence-electron chi connectivity index (χ1n) is 9.97. The molecule has 0 unspecified atom stereocenters. The molecule has 0 aromatic carbocycles. The molecular formula is C22H26N6. The Bertz CT molecular complexity index is 935. The molecule has 1 saturated heterocycles. The van der Waals surface area contributed by atoms with Gasteiger partial charge in [0.2, 0.25) is 0 Å². The summed E-state index contributed by atoms with van der Waals surface area (Å²) in [6.45, 7) is 7.00. The summed E-state index contributed by atoms with van der Waals surface area (Å²) in [6, 6.07) is 12.1. The Morgan fingerprint density at radius 2 is 1.89 bits per heavy atom. The molecule has 144 valence electrons. The smallest absolute Gasteiger partial charge is 0.180 e. The molecule has 3 aromatic rings. The highest BCUT2D eigenvalue weighted by molar-refractivity contribution is 5.54. The number of aromatic nitrogens is 4. The Balaban J connectivity index is 1.58. The fourth-order valence-corrected chi connectivity index (χ4v) is 3.48. The maximum absolute atomic E-state index is 4.81. The Morgan fingerprint density at radius 3 is 2.64 bits per heavy atom. The van der Waals surface area contributed by atoms with Crippen molar-refractivity contribution in [1.82, 2.24) is 19.9 Å². The van der Waals surface area contributed by atoms with Crippen molar-refractivity contribution in [2.45, 2.75) is 39.7 Å². The maximum atomic E-state index is 4.81. The van der Waals surface area contributed by atoms with Crippen molar-refractivity contribution in [2.24, 2.45) is 0 Å². The third-order valence-corrected chi connectivity index (χ3v) is 5.00. The Kier molecular flexibility index (Phi) is 5.46. The molecule has 4 rings (SSSR count). The quantitative estimate of drug-likeness (QED) is 0.703. The predicted molar refractivity (Wildman–Crippen MR) is 112 cm³/mol. The zero-order valence-corrected chi connectivity index (χ0v) is 16.5. The molecule has 3 aromatic heterocycles. The average Bonchev–Trinajstić information content (AvgIpc) is 3.28. The van der Waals surface area contributed by atoms with E-state index in [1.165, 1.54) is 18.4 Å². The highest BCUT2D eigenvalue weighted by Gasteiger charge is 2.17. The third-order valence-electron chi connectivity index (χ3n) is 5.00. The molecule has 0 bridgehead atoms. The minimum Gasteiger partial charge on any atom is -0.366 e. The van der Waals surface area contributed by atoms with Crippen molar-refractivity contribution in [1.29, 1.82) is 0 Å². The van der Waals surface area contributed by atoms with E-state index in [1.807, 2.05) is 31.2 Å². The second kappa shape index (κ2) is 8.33. The molecule has 6 nitrogen and oxygen atoms in total. The molecule has 1 aliphatic heterocycles. The molecule has 0 amide bonds. The minimum absolute atomic E-state index is 0.657. The minimum atomic E-state index is 0.657. The number of anilines is 2. The van der Waals surface area contributed by atoms with Crippen molar-refractivity contribution < 1.29 is 0 Å². The first-order chi connectivity index (χ1) is 13.7. The van der Waals surface area contributed by atoms with E-state index in [1.54, 1.807) is 6.20 Å². The monoisotopic (exact) mass is 374 g/mol. The number of aryl methyl sites for hydroxylation is 2. The lowest BCUT2D eigenvalue weighted by molar-refractivity contribution is 0.904. The Morgan fingerprint density at radius 1 is 1.04 bits per heavy atom. The van der Waals surface area contributed by atoms with Crippen LogP contribution in [0.25, 0.3) is 11.5 Å². The fourth-order valence-electron chi connectivity index (χ4n) is 3.48. The van der Waals surface area contributed by atoms with Gasteiger partial charge in [-0.1, -0.05) is 19.1 Å². The van der Waals surface area contributed by atoms with E-state index < -0.39 is 0 Å². The van der Waals surface area contributed by atoms with Gasteiger partial charge in [-0.2, -0.15) is 0 Å². The molecule has 1 aliphatic rings. The first kappa shape index (κ1) is 18.3. The van der Waals surface area contributed by atoms with E-state index in [-0.39, 0.29) is 0 Å². The van der Waals surface area contributed by atoms with Crippen LogP contribution in [0.5, 0.6) is 0 Å². The van der Waals surface area contributed by atoms with Crippen LogP contribution in [0.15, 0.2) is 42.6 Å². The molecule has 0 spiro atoms. The van der Waals surface area contributed by atoms with E-state index in [4.69, 9.17) is 9.97 Å². The van der Waals surface area contributed by atoms with E-state index in [2.05, 4.69) is 39.2 Å². The van der Waals surface area contributed by atoms with Gasteiger partial charge in [0.15, 0.2) is 5.82 Å². The van der Waals surface area contributed by atoms with E-state index >= 15 is 0 Å². The lowest BCUT2D eigenvalue weighted by atomic mass is 10.2. The second-order valence-electron chi connectivity index (χ2n) is 7.12.